The summed E-state index contributed by atoms with van der Waals surface area (Å²) in [5, 5.41) is 10.8. The van der Waals surface area contributed by atoms with E-state index in [2.05, 4.69) is 5.92 Å². The van der Waals surface area contributed by atoms with Gasteiger partial charge in [-0.2, -0.15) is 12.7 Å². The second-order valence-electron chi connectivity index (χ2n) is 3.19. The van der Waals surface area contributed by atoms with Crippen LogP contribution in [0.2, 0.25) is 0 Å². The van der Waals surface area contributed by atoms with Crippen LogP contribution in [0.4, 0.5) is 0 Å². The third kappa shape index (κ3) is 2.47. The molecule has 14 heavy (non-hydrogen) atoms. The first-order valence-electron chi connectivity index (χ1n) is 3.82. The highest BCUT2D eigenvalue weighted by atomic mass is 32.2. The minimum atomic E-state index is -3.82. The summed E-state index contributed by atoms with van der Waals surface area (Å²) < 4.78 is 23.5. The van der Waals surface area contributed by atoms with Crippen molar-refractivity contribution >= 4 is 16.0 Å². The minimum Gasteiger partial charge on any atom is -0.480 e. The van der Waals surface area contributed by atoms with Gasteiger partial charge in [0.15, 0.2) is 0 Å². The van der Waals surface area contributed by atoms with E-state index in [-0.39, 0.29) is 0 Å². The number of hydrogen-bond donors (Lipinski definition) is 1. The van der Waals surface area contributed by atoms with Crippen molar-refractivity contribution in [1.82, 2.24) is 4.31 Å². The van der Waals surface area contributed by atoms with Crippen LogP contribution in [-0.2, 0) is 14.8 Å². The highest BCUT2D eigenvalue weighted by molar-refractivity contribution is 7.93. The molecule has 0 bridgehead atoms. The fourth-order valence-electron chi connectivity index (χ4n) is 0.633. The fourth-order valence-corrected chi connectivity index (χ4v) is 1.71. The van der Waals surface area contributed by atoms with E-state index >= 15 is 0 Å². The lowest BCUT2D eigenvalue weighted by molar-refractivity contribution is -0.145. The molecule has 0 spiro atoms. The zero-order valence-electron chi connectivity index (χ0n) is 8.53. The van der Waals surface area contributed by atoms with Crippen molar-refractivity contribution in [2.75, 3.05) is 7.05 Å². The average Bonchev–Trinajstić information content (AvgIpc) is 2.02. The second-order valence-corrected chi connectivity index (χ2v) is 4.89. The number of hydrogen-bond acceptors (Lipinski definition) is 3. The van der Waals surface area contributed by atoms with Crippen LogP contribution in [0.1, 0.15) is 20.8 Å². The molecule has 0 aliphatic carbocycles. The maximum atomic E-state index is 11.4. The van der Waals surface area contributed by atoms with Crippen LogP contribution >= 0.6 is 0 Å². The normalized spacial score (nSPS) is 12.1. The van der Waals surface area contributed by atoms with Gasteiger partial charge in [0.2, 0.25) is 0 Å². The Kier molecular flexibility index (Phi) is 3.68. The van der Waals surface area contributed by atoms with Crippen LogP contribution in [0.3, 0.4) is 0 Å². The van der Waals surface area contributed by atoms with E-state index in [4.69, 9.17) is 5.11 Å². The molecular formula is C8H13NO4S. The SMILES string of the molecule is CC#CS(=O)(=O)N(C)C(C)(C)C(=O)O. The molecule has 0 saturated heterocycles. The molecule has 0 fully saturated rings. The lowest BCUT2D eigenvalue weighted by atomic mass is 10.1. The first-order chi connectivity index (χ1) is 6.16. The molecule has 1 N–H and O–H groups in total. The van der Waals surface area contributed by atoms with Gasteiger partial charge in [-0.25, -0.2) is 0 Å². The average molecular weight is 219 g/mol. The van der Waals surface area contributed by atoms with Crippen LogP contribution < -0.4 is 0 Å². The van der Waals surface area contributed by atoms with Crippen LogP contribution in [0.25, 0.3) is 0 Å². The zero-order chi connectivity index (χ0) is 11.6. The number of carboxylic acid groups (broad SMARTS) is 1. The first kappa shape index (κ1) is 12.9. The summed E-state index contributed by atoms with van der Waals surface area (Å²) >= 11 is 0. The molecule has 0 aliphatic heterocycles. The summed E-state index contributed by atoms with van der Waals surface area (Å²) in [6.45, 7) is 3.97. The van der Waals surface area contributed by atoms with Gasteiger partial charge >= 0.3 is 5.97 Å². The molecule has 5 nitrogen and oxygen atoms in total. The van der Waals surface area contributed by atoms with Gasteiger partial charge in [0.05, 0.1) is 0 Å². The molecule has 0 amide bonds. The predicted octanol–water partition coefficient (Wildman–Crippen LogP) is 0.0920. The molecule has 0 rings (SSSR count). The molecule has 0 heterocycles. The van der Waals surface area contributed by atoms with Gasteiger partial charge in [-0.1, -0.05) is 5.92 Å². The van der Waals surface area contributed by atoms with Crippen molar-refractivity contribution in [3.8, 4) is 11.2 Å². The highest BCUT2D eigenvalue weighted by Crippen LogP contribution is 2.16. The van der Waals surface area contributed by atoms with Crippen molar-refractivity contribution in [2.45, 2.75) is 26.3 Å². The Bertz CT molecular complexity index is 385. The third-order valence-electron chi connectivity index (χ3n) is 1.90. The Morgan fingerprint density at radius 2 is 1.86 bits per heavy atom. The van der Waals surface area contributed by atoms with Gasteiger partial charge in [-0.05, 0) is 20.8 Å². The number of aliphatic carboxylic acids is 1. The number of sulfonamides is 1. The van der Waals surface area contributed by atoms with Gasteiger partial charge in [0.1, 0.15) is 5.54 Å². The summed E-state index contributed by atoms with van der Waals surface area (Å²) in [4.78, 5) is 10.8. The summed E-state index contributed by atoms with van der Waals surface area (Å²) in [7, 11) is -2.63. The quantitative estimate of drug-likeness (QED) is 0.683. The van der Waals surface area contributed by atoms with E-state index < -0.39 is 21.5 Å². The summed E-state index contributed by atoms with van der Waals surface area (Å²) in [6, 6.07) is 0. The highest BCUT2D eigenvalue weighted by Gasteiger charge is 2.38. The monoisotopic (exact) mass is 219 g/mol. The summed E-state index contributed by atoms with van der Waals surface area (Å²) in [5.41, 5.74) is -1.50. The van der Waals surface area contributed by atoms with E-state index in [1.165, 1.54) is 27.8 Å². The number of carboxylic acids is 1. The molecule has 0 aromatic rings. The Labute approximate surface area is 83.8 Å². The van der Waals surface area contributed by atoms with Gasteiger partial charge in [-0.15, -0.1) is 0 Å². The molecule has 0 unspecified atom stereocenters. The van der Waals surface area contributed by atoms with E-state index in [9.17, 15) is 13.2 Å². The smallest absolute Gasteiger partial charge is 0.324 e. The van der Waals surface area contributed by atoms with E-state index in [1.54, 1.807) is 0 Å². The van der Waals surface area contributed by atoms with Gasteiger partial charge in [0.25, 0.3) is 10.0 Å². The maximum Gasteiger partial charge on any atom is 0.324 e. The lowest BCUT2D eigenvalue weighted by Gasteiger charge is -2.28. The Morgan fingerprint density at radius 3 is 2.14 bits per heavy atom. The van der Waals surface area contributed by atoms with Gasteiger partial charge in [-0.3, -0.25) is 4.79 Å². The van der Waals surface area contributed by atoms with Crippen molar-refractivity contribution in [3.05, 3.63) is 0 Å². The van der Waals surface area contributed by atoms with E-state index in [0.717, 1.165) is 4.31 Å². The molecule has 0 aromatic carbocycles. The number of likely N-dealkylation sites (N-methyl/N-ethyl adjacent to an activating group) is 1. The van der Waals surface area contributed by atoms with Crippen molar-refractivity contribution in [2.24, 2.45) is 0 Å². The molecule has 0 atom stereocenters. The van der Waals surface area contributed by atoms with E-state index in [0.29, 0.717) is 0 Å². The summed E-state index contributed by atoms with van der Waals surface area (Å²) in [6.07, 6.45) is 0. The molecule has 0 aliphatic rings. The van der Waals surface area contributed by atoms with Crippen molar-refractivity contribution < 1.29 is 18.3 Å². The van der Waals surface area contributed by atoms with Crippen LogP contribution in [0, 0.1) is 11.2 Å². The van der Waals surface area contributed by atoms with Crippen molar-refractivity contribution in [1.29, 1.82) is 0 Å². The Hall–Kier alpha value is -1.06. The largest absolute Gasteiger partial charge is 0.480 e. The maximum absolute atomic E-state index is 11.4. The molecule has 80 valence electrons. The first-order valence-corrected chi connectivity index (χ1v) is 5.26. The van der Waals surface area contributed by atoms with E-state index in [1.807, 2.05) is 5.25 Å². The second kappa shape index (κ2) is 3.98. The number of nitrogens with zero attached hydrogens (tertiary/aromatic N) is 1. The standard InChI is InChI=1S/C8H13NO4S/c1-5-6-14(12,13)9(4)8(2,3)7(10)11/h1-4H3,(H,10,11). The predicted molar refractivity (Wildman–Crippen MR) is 51.8 cm³/mol. The summed E-state index contributed by atoms with van der Waals surface area (Å²) in [5.74, 6) is 1.01. The topological polar surface area (TPSA) is 74.7 Å². The van der Waals surface area contributed by atoms with Crippen LogP contribution in [-0.4, -0.2) is 36.4 Å². The third-order valence-corrected chi connectivity index (χ3v) is 3.54. The van der Waals surface area contributed by atoms with Crippen LogP contribution in [0.5, 0.6) is 0 Å². The van der Waals surface area contributed by atoms with Crippen LogP contribution in [0.15, 0.2) is 0 Å². The fraction of sp³-hybridized carbons (Fsp3) is 0.625. The molecule has 0 saturated carbocycles. The molecule has 0 aromatic heterocycles. The lowest BCUT2D eigenvalue weighted by Crippen LogP contribution is -2.50. The molecule has 6 heteroatoms. The number of rotatable bonds is 3. The van der Waals surface area contributed by atoms with Gasteiger partial charge < -0.3 is 5.11 Å². The Morgan fingerprint density at radius 1 is 1.43 bits per heavy atom. The number of carbonyl (C=O) groups is 1. The van der Waals surface area contributed by atoms with Crippen molar-refractivity contribution in [3.63, 3.8) is 0 Å². The van der Waals surface area contributed by atoms with Gasteiger partial charge in [0, 0.05) is 12.3 Å². The minimum absolute atomic E-state index is 0.735. The zero-order valence-corrected chi connectivity index (χ0v) is 9.34. The molecule has 0 radical (unpaired) electrons. The Balaban J connectivity index is 5.23. The molecular weight excluding hydrogens is 206 g/mol.